The van der Waals surface area contributed by atoms with Crippen LogP contribution in [-0.4, -0.2) is 58.0 Å². The van der Waals surface area contributed by atoms with E-state index < -0.39 is 28.4 Å². The predicted octanol–water partition coefficient (Wildman–Crippen LogP) is 4.89. The van der Waals surface area contributed by atoms with Crippen LogP contribution in [0.25, 0.3) is 0 Å². The molecule has 1 aromatic rings. The van der Waals surface area contributed by atoms with Crippen LogP contribution in [0.1, 0.15) is 38.8 Å². The van der Waals surface area contributed by atoms with Gasteiger partial charge in [-0.1, -0.05) is 76.7 Å². The zero-order chi connectivity index (χ0) is 25.5. The number of carbonyl (C=O) groups is 2. The Labute approximate surface area is 206 Å². The zero-order valence-electron chi connectivity index (χ0n) is 22.0. The number of fused-ring (bicyclic) bond motifs is 1. The molecule has 0 radical (unpaired) electrons. The van der Waals surface area contributed by atoms with Crippen molar-refractivity contribution in [3.05, 3.63) is 47.2 Å². The van der Waals surface area contributed by atoms with Gasteiger partial charge in [0.2, 0.25) is 14.2 Å². The molecule has 8 heteroatoms. The number of carbonyl (C=O) groups excluding carboxylic acids is 2. The lowest BCUT2D eigenvalue weighted by molar-refractivity contribution is -0.147. The Balaban J connectivity index is 2.23. The van der Waals surface area contributed by atoms with Crippen molar-refractivity contribution < 1.29 is 18.8 Å². The van der Waals surface area contributed by atoms with Gasteiger partial charge in [0, 0.05) is 0 Å². The molecule has 0 N–H and O–H groups in total. The highest BCUT2D eigenvalue weighted by Gasteiger charge is 2.51. The highest BCUT2D eigenvalue weighted by atomic mass is 28.4. The van der Waals surface area contributed by atoms with E-state index in [4.69, 9.17) is 9.16 Å². The van der Waals surface area contributed by atoms with E-state index in [-0.39, 0.29) is 23.5 Å². The third-order valence-electron chi connectivity index (χ3n) is 6.70. The molecule has 2 aliphatic heterocycles. The smallest absolute Gasteiger partial charge is 0.339 e. The van der Waals surface area contributed by atoms with Crippen molar-refractivity contribution in [1.82, 2.24) is 10.0 Å². The topological polar surface area (TPSA) is 59.1 Å². The van der Waals surface area contributed by atoms with Crippen LogP contribution >= 0.6 is 0 Å². The Morgan fingerprint density at radius 3 is 2.24 bits per heavy atom. The van der Waals surface area contributed by atoms with E-state index >= 15 is 0 Å². The number of rotatable bonds is 4. The number of methoxy groups -OCH3 is 1. The van der Waals surface area contributed by atoms with E-state index in [0.717, 1.165) is 5.56 Å². The Morgan fingerprint density at radius 2 is 1.71 bits per heavy atom. The van der Waals surface area contributed by atoms with E-state index in [1.807, 2.05) is 35.3 Å². The fraction of sp³-hybridized carbons (Fsp3) is 0.538. The molecule has 1 aromatic carbocycles. The van der Waals surface area contributed by atoms with Gasteiger partial charge in [-0.25, -0.2) is 4.79 Å². The van der Waals surface area contributed by atoms with Crippen LogP contribution < -0.4 is 0 Å². The third-order valence-corrected chi connectivity index (χ3v) is 12.0. The number of ether oxygens (including phenoxy) is 1. The molecule has 1 saturated heterocycles. The first-order chi connectivity index (χ1) is 15.7. The lowest BCUT2D eigenvalue weighted by Crippen LogP contribution is -2.53. The number of hydrogen-bond donors (Lipinski definition) is 0. The fourth-order valence-corrected chi connectivity index (χ4v) is 5.61. The fourth-order valence-electron chi connectivity index (χ4n) is 3.91. The number of hydrogen-bond acceptors (Lipinski definition) is 5. The van der Waals surface area contributed by atoms with Crippen molar-refractivity contribution in [3.8, 4) is 11.5 Å². The Hall–Kier alpha value is -2.35. The Morgan fingerprint density at radius 1 is 1.09 bits per heavy atom. The summed E-state index contributed by atoms with van der Waals surface area (Å²) in [6.07, 6.45) is 0.294. The van der Waals surface area contributed by atoms with Crippen LogP contribution in [0.5, 0.6) is 0 Å². The molecule has 34 heavy (non-hydrogen) atoms. The Bertz CT molecular complexity index is 1040. The van der Waals surface area contributed by atoms with Crippen LogP contribution in [0.3, 0.4) is 0 Å². The maximum atomic E-state index is 13.3. The van der Waals surface area contributed by atoms with Crippen LogP contribution in [0.4, 0.5) is 0 Å². The van der Waals surface area contributed by atoms with Gasteiger partial charge in [-0.15, -0.1) is 5.54 Å². The summed E-state index contributed by atoms with van der Waals surface area (Å²) < 4.78 is 12.0. The molecule has 0 aliphatic carbocycles. The van der Waals surface area contributed by atoms with E-state index in [9.17, 15) is 9.59 Å². The molecule has 0 unspecified atom stereocenters. The number of amides is 1. The predicted molar refractivity (Wildman–Crippen MR) is 140 cm³/mol. The van der Waals surface area contributed by atoms with Crippen molar-refractivity contribution in [2.24, 2.45) is 0 Å². The largest absolute Gasteiger partial charge is 0.545 e. The molecule has 2 heterocycles. The minimum atomic E-state index is -2.29. The van der Waals surface area contributed by atoms with E-state index in [0.29, 0.717) is 17.8 Å². The number of hydrazine groups is 1. The number of nitrogens with zero attached hydrogens (tertiary/aromatic N) is 2. The van der Waals surface area contributed by atoms with E-state index in [1.165, 1.54) is 7.11 Å². The summed E-state index contributed by atoms with van der Waals surface area (Å²) in [6.45, 7) is 17.5. The van der Waals surface area contributed by atoms with Crippen molar-refractivity contribution in [2.45, 2.75) is 77.0 Å². The van der Waals surface area contributed by atoms with Crippen LogP contribution in [0.15, 0.2) is 41.7 Å². The molecular formula is C26H38N2O4Si2. The second-order valence-electron chi connectivity index (χ2n) is 11.6. The van der Waals surface area contributed by atoms with Gasteiger partial charge in [-0.3, -0.25) is 9.80 Å². The second kappa shape index (κ2) is 9.36. The Kier molecular flexibility index (Phi) is 7.23. The second-order valence-corrected chi connectivity index (χ2v) is 21.0. The van der Waals surface area contributed by atoms with Crippen molar-refractivity contribution in [2.75, 3.05) is 13.7 Å². The van der Waals surface area contributed by atoms with Crippen LogP contribution in [-0.2, 0) is 18.8 Å². The third kappa shape index (κ3) is 5.32. The molecule has 184 valence electrons. The lowest BCUT2D eigenvalue weighted by Gasteiger charge is -2.45. The number of esters is 1. The molecule has 6 nitrogen and oxygen atoms in total. The molecule has 1 fully saturated rings. The van der Waals surface area contributed by atoms with Gasteiger partial charge in [-0.05, 0) is 23.7 Å². The SMILES string of the molecule is COC(=O)C1=C(O[Si](C)(C)C(C)(C)C)CN2C(=O)C[C@H](C#C[Si](C)(C)C)N2[C@@H]1c1ccccc1. The van der Waals surface area contributed by atoms with E-state index in [1.54, 1.807) is 5.01 Å². The van der Waals surface area contributed by atoms with Crippen molar-refractivity contribution in [1.29, 1.82) is 0 Å². The van der Waals surface area contributed by atoms with Gasteiger partial charge in [-0.2, -0.15) is 5.01 Å². The van der Waals surface area contributed by atoms with Gasteiger partial charge >= 0.3 is 5.97 Å². The average molecular weight is 499 g/mol. The number of benzene rings is 1. The summed E-state index contributed by atoms with van der Waals surface area (Å²) in [5.74, 6) is 3.49. The molecular weight excluding hydrogens is 460 g/mol. The maximum Gasteiger partial charge on any atom is 0.339 e. The molecule has 2 atom stereocenters. The standard InChI is InChI=1S/C26H38N2O4Si2/c1-26(2,3)34(8,9)32-21-18-27-22(29)17-20(15-16-33(5,6)7)28(27)24(23(21)25(30)31-4)19-13-11-10-12-14-19/h10-14,20,24H,17-18H2,1-9H3/t20-,24+/m0/s1. The monoisotopic (exact) mass is 498 g/mol. The summed E-state index contributed by atoms with van der Waals surface area (Å²) in [6, 6.07) is 8.96. The normalized spacial score (nSPS) is 21.7. The van der Waals surface area contributed by atoms with Gasteiger partial charge < -0.3 is 9.16 Å². The van der Waals surface area contributed by atoms with Gasteiger partial charge in [0.25, 0.3) is 0 Å². The first kappa shape index (κ1) is 26.3. The van der Waals surface area contributed by atoms with Crippen LogP contribution in [0.2, 0.25) is 37.8 Å². The van der Waals surface area contributed by atoms with Crippen LogP contribution in [0, 0.1) is 11.5 Å². The molecule has 0 spiro atoms. The quantitative estimate of drug-likeness (QED) is 0.336. The van der Waals surface area contributed by atoms with Gasteiger partial charge in [0.05, 0.1) is 37.7 Å². The highest BCUT2D eigenvalue weighted by Crippen LogP contribution is 2.45. The zero-order valence-corrected chi connectivity index (χ0v) is 24.0. The van der Waals surface area contributed by atoms with Crippen molar-refractivity contribution >= 4 is 28.3 Å². The molecule has 2 aliphatic rings. The minimum absolute atomic E-state index is 0.00365. The van der Waals surface area contributed by atoms with Gasteiger partial charge in [0.15, 0.2) is 0 Å². The molecule has 3 rings (SSSR count). The maximum absolute atomic E-state index is 13.3. The summed E-state index contributed by atoms with van der Waals surface area (Å²) in [5.41, 5.74) is 4.79. The van der Waals surface area contributed by atoms with Crippen molar-refractivity contribution in [3.63, 3.8) is 0 Å². The molecule has 0 aromatic heterocycles. The summed E-state index contributed by atoms with van der Waals surface area (Å²) in [7, 11) is -2.55. The molecule has 0 saturated carbocycles. The first-order valence-corrected chi connectivity index (χ1v) is 18.2. The first-order valence-electron chi connectivity index (χ1n) is 11.8. The summed E-state index contributed by atoms with van der Waals surface area (Å²) >= 11 is 0. The van der Waals surface area contributed by atoms with E-state index in [2.05, 4.69) is 65.0 Å². The summed E-state index contributed by atoms with van der Waals surface area (Å²) in [4.78, 5) is 26.5. The molecule has 1 amide bonds. The highest BCUT2D eigenvalue weighted by molar-refractivity contribution is 6.83. The molecule has 0 bridgehead atoms. The minimum Gasteiger partial charge on any atom is -0.545 e. The lowest BCUT2D eigenvalue weighted by atomic mass is 9.94. The average Bonchev–Trinajstić information content (AvgIpc) is 3.05. The summed E-state index contributed by atoms with van der Waals surface area (Å²) in [5, 5.41) is 3.65. The van der Waals surface area contributed by atoms with Gasteiger partial charge in [0.1, 0.15) is 13.8 Å².